The van der Waals surface area contributed by atoms with Gasteiger partial charge in [0.2, 0.25) is 0 Å². The molecule has 16 heavy (non-hydrogen) atoms. The van der Waals surface area contributed by atoms with E-state index >= 15 is 0 Å². The molecule has 1 heterocycles. The van der Waals surface area contributed by atoms with Gasteiger partial charge in [-0.15, -0.1) is 0 Å². The summed E-state index contributed by atoms with van der Waals surface area (Å²) in [4.78, 5) is 16.6. The topological polar surface area (TPSA) is 55.6 Å². The summed E-state index contributed by atoms with van der Waals surface area (Å²) in [5.74, 6) is -2.81. The fourth-order valence-corrected chi connectivity index (χ4v) is 1.50. The van der Waals surface area contributed by atoms with Crippen LogP contribution >= 0.6 is 0 Å². The molecule has 0 unspecified atom stereocenters. The van der Waals surface area contributed by atoms with E-state index in [9.17, 15) is 13.6 Å². The number of hydroxylamine groups is 2. The van der Waals surface area contributed by atoms with Crippen LogP contribution in [0.5, 0.6) is 0 Å². The Bertz CT molecular complexity index is 431. The molecule has 0 bridgehead atoms. The molecule has 0 saturated carbocycles. The van der Waals surface area contributed by atoms with Gasteiger partial charge in [-0.1, -0.05) is 0 Å². The standard InChI is InChI=1S/C10H10F2N2O2/c11-6-2-3-7(13)9(12)8(6)10(15)14-4-1-5-16-14/h2-3H,1,4-5,13H2. The third kappa shape index (κ3) is 1.71. The first-order chi connectivity index (χ1) is 7.61. The average molecular weight is 228 g/mol. The van der Waals surface area contributed by atoms with E-state index in [1.54, 1.807) is 0 Å². The lowest BCUT2D eigenvalue weighted by atomic mass is 10.1. The Balaban J connectivity index is 2.39. The minimum absolute atomic E-state index is 0.260. The maximum Gasteiger partial charge on any atom is 0.283 e. The Morgan fingerprint density at radius 1 is 1.44 bits per heavy atom. The number of hydrogen-bond donors (Lipinski definition) is 1. The molecule has 1 aromatic rings. The number of rotatable bonds is 1. The second kappa shape index (κ2) is 4.05. The van der Waals surface area contributed by atoms with Gasteiger partial charge in [0.05, 0.1) is 18.8 Å². The van der Waals surface area contributed by atoms with Crippen LogP contribution in [0.15, 0.2) is 12.1 Å². The van der Waals surface area contributed by atoms with Gasteiger partial charge in [0, 0.05) is 0 Å². The molecule has 86 valence electrons. The lowest BCUT2D eigenvalue weighted by Gasteiger charge is -2.15. The Morgan fingerprint density at radius 2 is 2.19 bits per heavy atom. The molecule has 6 heteroatoms. The predicted octanol–water partition coefficient (Wildman–Crippen LogP) is 1.32. The fraction of sp³-hybridized carbons (Fsp3) is 0.300. The molecule has 0 aliphatic carbocycles. The quantitative estimate of drug-likeness (QED) is 0.737. The molecule has 2 N–H and O–H groups in total. The smallest absolute Gasteiger partial charge is 0.283 e. The van der Waals surface area contributed by atoms with Gasteiger partial charge < -0.3 is 5.73 Å². The van der Waals surface area contributed by atoms with Gasteiger partial charge in [0.15, 0.2) is 5.82 Å². The summed E-state index contributed by atoms with van der Waals surface area (Å²) in [6, 6.07) is 2.04. The van der Waals surface area contributed by atoms with Crippen molar-refractivity contribution in [2.75, 3.05) is 18.9 Å². The van der Waals surface area contributed by atoms with Crippen LogP contribution in [-0.4, -0.2) is 24.1 Å². The molecule has 1 aromatic carbocycles. The predicted molar refractivity (Wildman–Crippen MR) is 52.4 cm³/mol. The molecule has 0 radical (unpaired) electrons. The highest BCUT2D eigenvalue weighted by Gasteiger charge is 2.27. The highest BCUT2D eigenvalue weighted by Crippen LogP contribution is 2.21. The van der Waals surface area contributed by atoms with Gasteiger partial charge in [-0.25, -0.2) is 13.8 Å². The Kier molecular flexibility index (Phi) is 2.74. The molecule has 1 saturated heterocycles. The van der Waals surface area contributed by atoms with Crippen molar-refractivity contribution in [1.82, 2.24) is 5.06 Å². The molecule has 1 amide bonds. The maximum absolute atomic E-state index is 13.5. The van der Waals surface area contributed by atoms with E-state index in [1.807, 2.05) is 0 Å². The molecule has 1 aliphatic rings. The van der Waals surface area contributed by atoms with Gasteiger partial charge in [-0.05, 0) is 18.6 Å². The lowest BCUT2D eigenvalue weighted by molar-refractivity contribution is -0.0773. The fourth-order valence-electron chi connectivity index (χ4n) is 1.50. The van der Waals surface area contributed by atoms with E-state index in [-0.39, 0.29) is 5.69 Å². The normalized spacial score (nSPS) is 15.5. The molecular weight excluding hydrogens is 218 g/mol. The first-order valence-electron chi connectivity index (χ1n) is 4.79. The highest BCUT2D eigenvalue weighted by molar-refractivity contribution is 5.95. The van der Waals surface area contributed by atoms with Crippen LogP contribution in [0.1, 0.15) is 16.8 Å². The van der Waals surface area contributed by atoms with E-state index in [0.717, 1.165) is 17.2 Å². The number of anilines is 1. The number of halogens is 2. The average Bonchev–Trinajstić information content (AvgIpc) is 2.77. The van der Waals surface area contributed by atoms with Gasteiger partial charge in [-0.3, -0.25) is 9.63 Å². The largest absolute Gasteiger partial charge is 0.396 e. The van der Waals surface area contributed by atoms with Gasteiger partial charge >= 0.3 is 0 Å². The lowest BCUT2D eigenvalue weighted by Crippen LogP contribution is -2.28. The van der Waals surface area contributed by atoms with Crippen molar-refractivity contribution in [3.63, 3.8) is 0 Å². The molecule has 4 nitrogen and oxygen atoms in total. The number of nitrogens with zero attached hydrogens (tertiary/aromatic N) is 1. The summed E-state index contributed by atoms with van der Waals surface area (Å²) in [6.07, 6.45) is 0.650. The van der Waals surface area contributed by atoms with Crippen LogP contribution in [0.4, 0.5) is 14.5 Å². The monoisotopic (exact) mass is 228 g/mol. The third-order valence-corrected chi connectivity index (χ3v) is 2.31. The first kappa shape index (κ1) is 10.8. The van der Waals surface area contributed by atoms with Crippen LogP contribution in [-0.2, 0) is 4.84 Å². The summed E-state index contributed by atoms with van der Waals surface area (Å²) in [6.45, 7) is 0.698. The Hall–Kier alpha value is -1.69. The molecule has 0 spiro atoms. The van der Waals surface area contributed by atoms with Crippen molar-refractivity contribution in [2.45, 2.75) is 6.42 Å². The molecule has 0 atom stereocenters. The second-order valence-corrected chi connectivity index (χ2v) is 3.42. The molecular formula is C10H10F2N2O2. The first-order valence-corrected chi connectivity index (χ1v) is 4.79. The molecule has 1 aliphatic heterocycles. The SMILES string of the molecule is Nc1ccc(F)c(C(=O)N2CCCO2)c1F. The van der Waals surface area contributed by atoms with E-state index in [2.05, 4.69) is 0 Å². The third-order valence-electron chi connectivity index (χ3n) is 2.31. The van der Waals surface area contributed by atoms with Crippen LogP contribution < -0.4 is 5.73 Å². The zero-order valence-electron chi connectivity index (χ0n) is 8.37. The summed E-state index contributed by atoms with van der Waals surface area (Å²) >= 11 is 0. The van der Waals surface area contributed by atoms with Crippen molar-refractivity contribution in [2.24, 2.45) is 0 Å². The minimum Gasteiger partial charge on any atom is -0.396 e. The highest BCUT2D eigenvalue weighted by atomic mass is 19.1. The summed E-state index contributed by atoms with van der Waals surface area (Å²) in [5.41, 5.74) is 4.35. The van der Waals surface area contributed by atoms with E-state index in [1.165, 1.54) is 0 Å². The Morgan fingerprint density at radius 3 is 2.81 bits per heavy atom. The summed E-state index contributed by atoms with van der Waals surface area (Å²) in [5, 5.41) is 0.945. The minimum atomic E-state index is -1.04. The summed E-state index contributed by atoms with van der Waals surface area (Å²) in [7, 11) is 0. The number of nitrogens with two attached hydrogens (primary N) is 1. The van der Waals surface area contributed by atoms with Crippen molar-refractivity contribution < 1.29 is 18.4 Å². The van der Waals surface area contributed by atoms with Crippen LogP contribution in [0.25, 0.3) is 0 Å². The van der Waals surface area contributed by atoms with E-state index in [0.29, 0.717) is 19.6 Å². The van der Waals surface area contributed by atoms with Crippen LogP contribution in [0, 0.1) is 11.6 Å². The maximum atomic E-state index is 13.5. The van der Waals surface area contributed by atoms with Gasteiger partial charge in [-0.2, -0.15) is 0 Å². The van der Waals surface area contributed by atoms with Crippen molar-refractivity contribution in [1.29, 1.82) is 0 Å². The molecule has 2 rings (SSSR count). The summed E-state index contributed by atoms with van der Waals surface area (Å²) < 4.78 is 26.8. The zero-order chi connectivity index (χ0) is 11.7. The second-order valence-electron chi connectivity index (χ2n) is 3.42. The van der Waals surface area contributed by atoms with Crippen molar-refractivity contribution in [3.05, 3.63) is 29.3 Å². The number of carbonyl (C=O) groups excluding carboxylic acids is 1. The number of hydrogen-bond acceptors (Lipinski definition) is 3. The number of carbonyl (C=O) groups is 1. The number of amides is 1. The van der Waals surface area contributed by atoms with Gasteiger partial charge in [0.25, 0.3) is 5.91 Å². The van der Waals surface area contributed by atoms with Crippen molar-refractivity contribution in [3.8, 4) is 0 Å². The van der Waals surface area contributed by atoms with Crippen LogP contribution in [0.2, 0.25) is 0 Å². The van der Waals surface area contributed by atoms with Gasteiger partial charge in [0.1, 0.15) is 11.4 Å². The van der Waals surface area contributed by atoms with Crippen molar-refractivity contribution >= 4 is 11.6 Å². The number of nitrogen functional groups attached to an aromatic ring is 1. The Labute approximate surface area is 90.5 Å². The van der Waals surface area contributed by atoms with Crippen LogP contribution in [0.3, 0.4) is 0 Å². The zero-order valence-corrected chi connectivity index (χ0v) is 8.37. The van der Waals surface area contributed by atoms with E-state index < -0.39 is 23.1 Å². The molecule has 0 aromatic heterocycles. The van der Waals surface area contributed by atoms with E-state index in [4.69, 9.17) is 10.6 Å². The molecule has 1 fully saturated rings. The number of benzene rings is 1.